The summed E-state index contributed by atoms with van der Waals surface area (Å²) in [6.45, 7) is 4.75. The number of likely N-dealkylation sites (tertiary alicyclic amines) is 1. The monoisotopic (exact) mass is 511 g/mol. The number of morpholine rings is 1. The molecule has 1 atom stereocenters. The van der Waals surface area contributed by atoms with E-state index in [1.54, 1.807) is 45.0 Å². The van der Waals surface area contributed by atoms with Gasteiger partial charge in [0.15, 0.2) is 0 Å². The van der Waals surface area contributed by atoms with Crippen molar-refractivity contribution in [1.82, 2.24) is 14.7 Å². The van der Waals surface area contributed by atoms with Crippen LogP contribution in [0, 0.1) is 6.92 Å². The predicted molar refractivity (Wildman–Crippen MR) is 134 cm³/mol. The number of carbonyl (C=O) groups is 3. The Morgan fingerprint density at radius 1 is 0.861 bits per heavy atom. The molecular formula is C27H30ClN3O5. The molecule has 3 heterocycles. The second-order valence-electron chi connectivity index (χ2n) is 9.47. The van der Waals surface area contributed by atoms with Crippen molar-refractivity contribution in [1.29, 1.82) is 0 Å². The summed E-state index contributed by atoms with van der Waals surface area (Å²) >= 11 is 6.26. The fourth-order valence-electron chi connectivity index (χ4n) is 5.36. The Morgan fingerprint density at radius 2 is 1.50 bits per heavy atom. The van der Waals surface area contributed by atoms with Crippen LogP contribution in [0.5, 0.6) is 0 Å². The van der Waals surface area contributed by atoms with E-state index in [0.29, 0.717) is 68.4 Å². The van der Waals surface area contributed by atoms with Crippen LogP contribution < -0.4 is 0 Å². The molecular weight excluding hydrogens is 482 g/mol. The molecule has 0 bridgehead atoms. The molecule has 36 heavy (non-hydrogen) atoms. The van der Waals surface area contributed by atoms with Gasteiger partial charge in [0.1, 0.15) is 11.8 Å². The number of hydrogen-bond acceptors (Lipinski definition) is 5. The summed E-state index contributed by atoms with van der Waals surface area (Å²) in [5, 5.41) is 0.410. The van der Waals surface area contributed by atoms with E-state index in [2.05, 4.69) is 0 Å². The molecule has 0 aromatic heterocycles. The molecule has 0 aliphatic carbocycles. The first-order chi connectivity index (χ1) is 17.4. The van der Waals surface area contributed by atoms with E-state index in [1.807, 2.05) is 25.1 Å². The molecule has 190 valence electrons. The van der Waals surface area contributed by atoms with Crippen LogP contribution in [0.3, 0.4) is 0 Å². The number of ether oxygens (including phenoxy) is 2. The summed E-state index contributed by atoms with van der Waals surface area (Å²) in [4.78, 5) is 45.8. The molecule has 3 saturated heterocycles. The summed E-state index contributed by atoms with van der Waals surface area (Å²) in [5.41, 5.74) is 0.893. The van der Waals surface area contributed by atoms with Gasteiger partial charge in [-0.15, -0.1) is 0 Å². The van der Waals surface area contributed by atoms with E-state index in [9.17, 15) is 14.4 Å². The summed E-state index contributed by atoms with van der Waals surface area (Å²) < 4.78 is 11.7. The zero-order valence-electron chi connectivity index (χ0n) is 20.3. The average Bonchev–Trinajstić information content (AvgIpc) is 3.27. The van der Waals surface area contributed by atoms with Crippen molar-refractivity contribution < 1.29 is 23.9 Å². The molecule has 2 aromatic carbocycles. The van der Waals surface area contributed by atoms with Gasteiger partial charge in [-0.25, -0.2) is 0 Å². The molecule has 0 N–H and O–H groups in total. The third-order valence-electron chi connectivity index (χ3n) is 7.40. The minimum atomic E-state index is -0.955. The summed E-state index contributed by atoms with van der Waals surface area (Å²) in [6, 6.07) is 13.7. The van der Waals surface area contributed by atoms with Gasteiger partial charge in [-0.1, -0.05) is 41.9 Å². The van der Waals surface area contributed by atoms with Gasteiger partial charge in [0.05, 0.1) is 30.4 Å². The average molecular weight is 512 g/mol. The van der Waals surface area contributed by atoms with Crippen LogP contribution in [0.4, 0.5) is 0 Å². The van der Waals surface area contributed by atoms with Crippen molar-refractivity contribution in [3.05, 3.63) is 70.2 Å². The van der Waals surface area contributed by atoms with E-state index in [4.69, 9.17) is 21.1 Å². The number of aryl methyl sites for hydroxylation is 1. The van der Waals surface area contributed by atoms with Gasteiger partial charge in [0, 0.05) is 44.6 Å². The van der Waals surface area contributed by atoms with Crippen molar-refractivity contribution in [2.75, 3.05) is 46.0 Å². The molecule has 1 spiro atoms. The predicted octanol–water partition coefficient (Wildman–Crippen LogP) is 2.98. The highest BCUT2D eigenvalue weighted by atomic mass is 35.5. The van der Waals surface area contributed by atoms with Gasteiger partial charge in [-0.3, -0.25) is 19.3 Å². The lowest BCUT2D eigenvalue weighted by Gasteiger charge is -2.45. The van der Waals surface area contributed by atoms with Crippen LogP contribution in [0.15, 0.2) is 48.5 Å². The van der Waals surface area contributed by atoms with Crippen molar-refractivity contribution in [3.8, 4) is 0 Å². The fourth-order valence-corrected chi connectivity index (χ4v) is 5.57. The Bertz CT molecular complexity index is 1160. The topological polar surface area (TPSA) is 79.4 Å². The maximum absolute atomic E-state index is 14.0. The third kappa shape index (κ3) is 4.49. The zero-order valence-corrected chi connectivity index (χ0v) is 21.1. The Hall–Kier alpha value is -2.94. The van der Waals surface area contributed by atoms with Gasteiger partial charge in [-0.05, 0) is 30.7 Å². The van der Waals surface area contributed by atoms with Crippen LogP contribution in [0.25, 0.3) is 0 Å². The lowest BCUT2D eigenvalue weighted by atomic mass is 9.95. The number of amides is 3. The van der Waals surface area contributed by atoms with Crippen molar-refractivity contribution in [3.63, 3.8) is 0 Å². The van der Waals surface area contributed by atoms with Crippen molar-refractivity contribution in [2.45, 2.75) is 31.5 Å². The second kappa shape index (κ2) is 10.2. The fraction of sp³-hybridized carbons (Fsp3) is 0.444. The Kier molecular flexibility index (Phi) is 7.01. The lowest BCUT2D eigenvalue weighted by molar-refractivity contribution is -0.141. The highest BCUT2D eigenvalue weighted by molar-refractivity contribution is 6.33. The molecule has 0 saturated carbocycles. The molecule has 0 radical (unpaired) electrons. The molecule has 3 aliphatic heterocycles. The van der Waals surface area contributed by atoms with Gasteiger partial charge < -0.3 is 19.3 Å². The largest absolute Gasteiger partial charge is 0.378 e. The number of carbonyl (C=O) groups excluding carboxylic acids is 3. The van der Waals surface area contributed by atoms with Crippen LogP contribution in [0.2, 0.25) is 5.02 Å². The van der Waals surface area contributed by atoms with Gasteiger partial charge in [0.2, 0.25) is 5.91 Å². The molecule has 9 heteroatoms. The Balaban J connectivity index is 1.41. The molecule has 1 unspecified atom stereocenters. The molecule has 8 nitrogen and oxygen atoms in total. The molecule has 5 rings (SSSR count). The number of nitrogens with zero attached hydrogens (tertiary/aromatic N) is 3. The number of piperidine rings is 1. The summed E-state index contributed by atoms with van der Waals surface area (Å²) in [5.74, 6) is -0.485. The highest BCUT2D eigenvalue weighted by Gasteiger charge is 2.55. The number of benzene rings is 2. The van der Waals surface area contributed by atoms with Crippen LogP contribution in [-0.4, -0.2) is 90.2 Å². The van der Waals surface area contributed by atoms with E-state index in [-0.39, 0.29) is 24.3 Å². The quantitative estimate of drug-likeness (QED) is 0.633. The van der Waals surface area contributed by atoms with Crippen LogP contribution >= 0.6 is 11.6 Å². The second-order valence-corrected chi connectivity index (χ2v) is 9.88. The SMILES string of the molecule is Cc1ccccc1C(=O)N1C(C(=O)N2CCOCC2)COC12CCN(C(=O)c1ccccc1Cl)CC2. The molecule has 2 aromatic rings. The maximum atomic E-state index is 14.0. The smallest absolute Gasteiger partial charge is 0.257 e. The number of hydrogen-bond donors (Lipinski definition) is 0. The highest BCUT2D eigenvalue weighted by Crippen LogP contribution is 2.39. The van der Waals surface area contributed by atoms with Crippen molar-refractivity contribution >= 4 is 29.3 Å². The normalized spacial score (nSPS) is 21.6. The number of rotatable bonds is 3. The van der Waals surface area contributed by atoms with Crippen molar-refractivity contribution in [2.24, 2.45) is 0 Å². The molecule has 3 aliphatic rings. The van der Waals surface area contributed by atoms with Crippen LogP contribution in [0.1, 0.15) is 39.1 Å². The molecule has 3 fully saturated rings. The van der Waals surface area contributed by atoms with Crippen LogP contribution in [-0.2, 0) is 14.3 Å². The van der Waals surface area contributed by atoms with Gasteiger partial charge in [0.25, 0.3) is 11.8 Å². The van der Waals surface area contributed by atoms with E-state index in [1.165, 1.54) is 0 Å². The third-order valence-corrected chi connectivity index (χ3v) is 7.73. The minimum absolute atomic E-state index is 0.119. The van der Waals surface area contributed by atoms with E-state index >= 15 is 0 Å². The zero-order chi connectivity index (χ0) is 25.3. The van der Waals surface area contributed by atoms with Gasteiger partial charge >= 0.3 is 0 Å². The lowest BCUT2D eigenvalue weighted by Crippen LogP contribution is -2.60. The van der Waals surface area contributed by atoms with E-state index < -0.39 is 11.8 Å². The first kappa shape index (κ1) is 24.7. The van der Waals surface area contributed by atoms with Gasteiger partial charge in [-0.2, -0.15) is 0 Å². The summed E-state index contributed by atoms with van der Waals surface area (Å²) in [6.07, 6.45) is 0.821. The Morgan fingerprint density at radius 3 is 2.17 bits per heavy atom. The first-order valence-corrected chi connectivity index (χ1v) is 12.7. The Labute approximate surface area is 215 Å². The minimum Gasteiger partial charge on any atom is -0.378 e. The van der Waals surface area contributed by atoms with E-state index in [0.717, 1.165) is 5.56 Å². The number of halogens is 1. The maximum Gasteiger partial charge on any atom is 0.257 e. The standard InChI is InChI=1S/C27H30ClN3O5/c1-19-6-2-3-7-20(19)25(33)31-23(26(34)30-14-16-35-17-15-30)18-36-27(31)10-12-29(13-11-27)24(32)21-8-4-5-9-22(21)28/h2-9,23H,10-18H2,1H3. The summed E-state index contributed by atoms with van der Waals surface area (Å²) in [7, 11) is 0. The molecule has 3 amide bonds. The first-order valence-electron chi connectivity index (χ1n) is 12.3.